The molecule has 2 aromatic heterocycles. The molecule has 184 valence electrons. The van der Waals surface area contributed by atoms with E-state index in [1.807, 2.05) is 60.7 Å². The highest BCUT2D eigenvalue weighted by molar-refractivity contribution is 6.10. The van der Waals surface area contributed by atoms with Gasteiger partial charge in [-0.2, -0.15) is 0 Å². The van der Waals surface area contributed by atoms with Crippen molar-refractivity contribution in [3.05, 3.63) is 132 Å². The number of fused-ring (bicyclic) bond motifs is 1. The van der Waals surface area contributed by atoms with Gasteiger partial charge in [-0.15, -0.1) is 0 Å². The Kier molecular flexibility index (Phi) is 6.94. The fraction of sp³-hybridized carbons (Fsp3) is 0.100. The Labute approximate surface area is 213 Å². The van der Waals surface area contributed by atoms with Gasteiger partial charge in [-0.05, 0) is 23.8 Å². The van der Waals surface area contributed by atoms with Gasteiger partial charge in [0.15, 0.2) is 11.9 Å². The van der Waals surface area contributed by atoms with Gasteiger partial charge in [0.1, 0.15) is 6.04 Å². The molecule has 5 aromatic rings. The van der Waals surface area contributed by atoms with E-state index >= 15 is 0 Å². The summed E-state index contributed by atoms with van der Waals surface area (Å²) in [6, 6.07) is 27.6. The summed E-state index contributed by atoms with van der Waals surface area (Å²) < 4.78 is 11.1. The number of H-pyrrole nitrogens is 1. The number of ether oxygens (including phenoxy) is 1. The number of aromatic nitrogens is 1. The quantitative estimate of drug-likeness (QED) is 0.216. The predicted octanol–water partition coefficient (Wildman–Crippen LogP) is 5.27. The second kappa shape index (κ2) is 10.8. The zero-order valence-corrected chi connectivity index (χ0v) is 19.8. The van der Waals surface area contributed by atoms with Crippen LogP contribution in [0.5, 0.6) is 0 Å². The number of carbonyl (C=O) groups is 3. The Morgan fingerprint density at radius 1 is 0.838 bits per heavy atom. The third-order valence-electron chi connectivity index (χ3n) is 6.05. The molecule has 0 saturated carbocycles. The van der Waals surface area contributed by atoms with Crippen LogP contribution in [0.15, 0.2) is 114 Å². The SMILES string of the molecule is O=C(N[C@@H](Cc1ccccc1)C(=O)O[C@H](C(=O)c1c[nH]c2ccccc12)c1ccccc1)c1ccco1. The Morgan fingerprint density at radius 3 is 2.27 bits per heavy atom. The number of nitrogens with one attached hydrogen (secondary N) is 2. The van der Waals surface area contributed by atoms with Crippen LogP contribution in [-0.2, 0) is 16.0 Å². The van der Waals surface area contributed by atoms with E-state index in [1.54, 1.807) is 36.5 Å². The number of hydrogen-bond donors (Lipinski definition) is 2. The molecule has 0 fully saturated rings. The molecule has 5 rings (SSSR count). The van der Waals surface area contributed by atoms with Crippen molar-refractivity contribution in [2.75, 3.05) is 0 Å². The van der Waals surface area contributed by atoms with Crippen LogP contribution in [0.2, 0.25) is 0 Å². The lowest BCUT2D eigenvalue weighted by molar-refractivity contribution is -0.149. The van der Waals surface area contributed by atoms with Gasteiger partial charge in [0.05, 0.1) is 6.26 Å². The molecule has 0 unspecified atom stereocenters. The minimum atomic E-state index is -1.20. The molecule has 7 heteroatoms. The monoisotopic (exact) mass is 492 g/mol. The van der Waals surface area contributed by atoms with E-state index in [2.05, 4.69) is 10.3 Å². The summed E-state index contributed by atoms with van der Waals surface area (Å²) in [7, 11) is 0. The lowest BCUT2D eigenvalue weighted by atomic mass is 9.99. The predicted molar refractivity (Wildman–Crippen MR) is 138 cm³/mol. The van der Waals surface area contributed by atoms with Crippen molar-refractivity contribution >= 4 is 28.6 Å². The molecule has 37 heavy (non-hydrogen) atoms. The summed E-state index contributed by atoms with van der Waals surface area (Å²) in [6.07, 6.45) is 1.98. The molecule has 2 heterocycles. The standard InChI is InChI=1S/C30H24N2O5/c33-27(23-19-31-24-15-8-7-14-22(23)24)28(21-12-5-2-6-13-21)37-30(35)25(18-20-10-3-1-4-11-20)32-29(34)26-16-9-17-36-26/h1-17,19,25,28,31H,18H2,(H,32,34)/t25-,28-/m0/s1. The molecule has 7 nitrogen and oxygen atoms in total. The minimum absolute atomic E-state index is 0.0698. The fourth-order valence-electron chi connectivity index (χ4n) is 4.20. The number of Topliss-reactive ketones (excluding diaryl/α,β-unsaturated/α-hetero) is 1. The van der Waals surface area contributed by atoms with Crippen molar-refractivity contribution in [1.29, 1.82) is 0 Å². The molecular formula is C30H24N2O5. The third kappa shape index (κ3) is 5.36. The number of furan rings is 1. The molecular weight excluding hydrogens is 468 g/mol. The molecule has 0 bridgehead atoms. The van der Waals surface area contributed by atoms with Crippen LogP contribution in [0.3, 0.4) is 0 Å². The Bertz CT molecular complexity index is 1510. The number of hydrogen-bond acceptors (Lipinski definition) is 5. The van der Waals surface area contributed by atoms with Crippen molar-refractivity contribution in [2.24, 2.45) is 0 Å². The van der Waals surface area contributed by atoms with Crippen LogP contribution in [0, 0.1) is 0 Å². The highest BCUT2D eigenvalue weighted by atomic mass is 16.5. The number of ketones is 1. The molecule has 0 aliphatic carbocycles. The first kappa shape index (κ1) is 23.8. The number of para-hydroxylation sites is 1. The largest absolute Gasteiger partial charge is 0.459 e. The van der Waals surface area contributed by atoms with Gasteiger partial charge < -0.3 is 19.5 Å². The summed E-state index contributed by atoms with van der Waals surface area (Å²) >= 11 is 0. The van der Waals surface area contributed by atoms with Crippen LogP contribution < -0.4 is 5.32 Å². The van der Waals surface area contributed by atoms with Crippen molar-refractivity contribution in [2.45, 2.75) is 18.6 Å². The molecule has 0 radical (unpaired) electrons. The minimum Gasteiger partial charge on any atom is -0.459 e. The van der Waals surface area contributed by atoms with E-state index in [9.17, 15) is 14.4 Å². The molecule has 0 aliphatic heterocycles. The average Bonchev–Trinajstić information content (AvgIpc) is 3.63. The van der Waals surface area contributed by atoms with E-state index in [0.29, 0.717) is 11.1 Å². The summed E-state index contributed by atoms with van der Waals surface area (Å²) in [5.41, 5.74) is 2.57. The zero-order valence-electron chi connectivity index (χ0n) is 19.8. The fourth-order valence-corrected chi connectivity index (χ4v) is 4.20. The number of rotatable bonds is 9. The van der Waals surface area contributed by atoms with Gasteiger partial charge in [-0.25, -0.2) is 4.79 Å². The number of carbonyl (C=O) groups excluding carboxylic acids is 3. The maximum Gasteiger partial charge on any atom is 0.330 e. The number of esters is 1. The van der Waals surface area contributed by atoms with Crippen LogP contribution in [0.4, 0.5) is 0 Å². The molecule has 2 N–H and O–H groups in total. The Hall–Kier alpha value is -4.91. The van der Waals surface area contributed by atoms with E-state index in [4.69, 9.17) is 9.15 Å². The summed E-state index contributed by atoms with van der Waals surface area (Å²) in [4.78, 5) is 43.1. The number of benzene rings is 3. The first-order chi connectivity index (χ1) is 18.1. The van der Waals surface area contributed by atoms with Crippen LogP contribution in [0.25, 0.3) is 10.9 Å². The number of amides is 1. The van der Waals surface area contributed by atoms with Gasteiger partial charge in [-0.3, -0.25) is 9.59 Å². The first-order valence-corrected chi connectivity index (χ1v) is 11.8. The van der Waals surface area contributed by atoms with Gasteiger partial charge >= 0.3 is 5.97 Å². The summed E-state index contributed by atoms with van der Waals surface area (Å²) in [6.45, 7) is 0. The molecule has 1 amide bonds. The van der Waals surface area contributed by atoms with E-state index < -0.39 is 24.0 Å². The smallest absolute Gasteiger partial charge is 0.330 e. The van der Waals surface area contributed by atoms with Crippen LogP contribution >= 0.6 is 0 Å². The highest BCUT2D eigenvalue weighted by Gasteiger charge is 2.32. The lowest BCUT2D eigenvalue weighted by Crippen LogP contribution is -2.44. The lowest BCUT2D eigenvalue weighted by Gasteiger charge is -2.22. The van der Waals surface area contributed by atoms with Gasteiger partial charge in [-0.1, -0.05) is 78.9 Å². The maximum atomic E-state index is 13.7. The maximum absolute atomic E-state index is 13.7. The van der Waals surface area contributed by atoms with Gasteiger partial charge in [0.25, 0.3) is 5.91 Å². The second-order valence-corrected chi connectivity index (χ2v) is 8.53. The Morgan fingerprint density at radius 2 is 1.54 bits per heavy atom. The zero-order chi connectivity index (χ0) is 25.6. The molecule has 0 spiro atoms. The van der Waals surface area contributed by atoms with E-state index in [1.165, 1.54) is 12.3 Å². The summed E-state index contributed by atoms with van der Waals surface area (Å²) in [5.74, 6) is -1.58. The average molecular weight is 493 g/mol. The number of aromatic amines is 1. The van der Waals surface area contributed by atoms with Crippen molar-refractivity contribution < 1.29 is 23.5 Å². The molecule has 2 atom stereocenters. The molecule has 0 saturated heterocycles. The first-order valence-electron chi connectivity index (χ1n) is 11.8. The summed E-state index contributed by atoms with van der Waals surface area (Å²) in [5, 5.41) is 3.44. The molecule has 3 aromatic carbocycles. The van der Waals surface area contributed by atoms with Crippen molar-refractivity contribution in [1.82, 2.24) is 10.3 Å². The normalized spacial score (nSPS) is 12.5. The second-order valence-electron chi connectivity index (χ2n) is 8.53. The topological polar surface area (TPSA) is 101 Å². The van der Waals surface area contributed by atoms with Gasteiger partial charge in [0.2, 0.25) is 5.78 Å². The van der Waals surface area contributed by atoms with Crippen LogP contribution in [0.1, 0.15) is 38.1 Å². The van der Waals surface area contributed by atoms with E-state index in [0.717, 1.165) is 16.5 Å². The Balaban J connectivity index is 1.45. The van der Waals surface area contributed by atoms with E-state index in [-0.39, 0.29) is 18.0 Å². The third-order valence-corrected chi connectivity index (χ3v) is 6.05. The van der Waals surface area contributed by atoms with Gasteiger partial charge in [0, 0.05) is 34.6 Å². The van der Waals surface area contributed by atoms with Crippen molar-refractivity contribution in [3.8, 4) is 0 Å². The van der Waals surface area contributed by atoms with Crippen LogP contribution in [-0.4, -0.2) is 28.7 Å². The highest BCUT2D eigenvalue weighted by Crippen LogP contribution is 2.28. The molecule has 0 aliphatic rings. The van der Waals surface area contributed by atoms with Crippen molar-refractivity contribution in [3.63, 3.8) is 0 Å².